The summed E-state index contributed by atoms with van der Waals surface area (Å²) in [5.41, 5.74) is 0. The second kappa shape index (κ2) is 5.33. The number of esters is 1. The summed E-state index contributed by atoms with van der Waals surface area (Å²) in [6.45, 7) is 3.10. The predicted molar refractivity (Wildman–Crippen MR) is 41.0 cm³/mol. The lowest BCUT2D eigenvalue weighted by Gasteiger charge is -2.11. The Kier molecular flexibility index (Phi) is 4.73. The average Bonchev–Trinajstić information content (AvgIpc) is 2.01. The molecule has 1 unspecified atom stereocenters. The lowest BCUT2D eigenvalue weighted by atomic mass is 10.4. The molecule has 0 saturated carbocycles. The fraction of sp³-hybridized carbons (Fsp3) is 0.500. The number of carbonyl (C=O) groups is 2. The van der Waals surface area contributed by atoms with Gasteiger partial charge in [0.1, 0.15) is 0 Å². The minimum absolute atomic E-state index is 0.255. The lowest BCUT2D eigenvalue weighted by Crippen LogP contribution is -2.28. The number of rotatable bonds is 4. The molecule has 0 heterocycles. The Bertz CT molecular complexity index is 214. The third kappa shape index (κ3) is 3.74. The van der Waals surface area contributed by atoms with E-state index in [2.05, 4.69) is 4.74 Å². The van der Waals surface area contributed by atoms with Gasteiger partial charge in [-0.2, -0.15) is 0 Å². The summed E-state index contributed by atoms with van der Waals surface area (Å²) in [5.74, 6) is 0.526. The number of hydrogen-bond donors (Lipinski definition) is 0. The molecule has 1 atom stereocenters. The first-order chi connectivity index (χ1) is 5.61. The van der Waals surface area contributed by atoms with Gasteiger partial charge in [-0.25, -0.2) is 0 Å². The van der Waals surface area contributed by atoms with Gasteiger partial charge in [0.05, 0.1) is 0 Å². The van der Waals surface area contributed by atoms with Gasteiger partial charge in [0.2, 0.25) is 0 Å². The van der Waals surface area contributed by atoms with E-state index in [0.717, 1.165) is 0 Å². The van der Waals surface area contributed by atoms with Crippen molar-refractivity contribution in [1.29, 1.82) is 0 Å². The zero-order valence-corrected chi connectivity index (χ0v) is 6.99. The highest BCUT2D eigenvalue weighted by Gasteiger charge is 2.19. The van der Waals surface area contributed by atoms with Crippen LogP contribution in [-0.4, -0.2) is 24.6 Å². The lowest BCUT2D eigenvalue weighted by molar-refractivity contribution is -0.179. The minimum Gasteiger partial charge on any atom is -0.427 e. The highest BCUT2D eigenvalue weighted by molar-refractivity contribution is 5.98. The topological polar surface area (TPSA) is 52.6 Å². The van der Waals surface area contributed by atoms with E-state index in [-0.39, 0.29) is 6.61 Å². The van der Waals surface area contributed by atoms with E-state index in [1.165, 1.54) is 6.92 Å². The van der Waals surface area contributed by atoms with Crippen LogP contribution in [0, 0.1) is 12.3 Å². The fourth-order valence-corrected chi connectivity index (χ4v) is 0.533. The van der Waals surface area contributed by atoms with E-state index in [4.69, 9.17) is 11.2 Å². The molecule has 0 aliphatic heterocycles. The summed E-state index contributed by atoms with van der Waals surface area (Å²) >= 11 is 0. The van der Waals surface area contributed by atoms with Crippen molar-refractivity contribution >= 4 is 11.8 Å². The van der Waals surface area contributed by atoms with Crippen LogP contribution in [0.25, 0.3) is 0 Å². The molecule has 4 heteroatoms. The third-order valence-corrected chi connectivity index (χ3v) is 0.947. The molecule has 66 valence electrons. The van der Waals surface area contributed by atoms with Crippen LogP contribution in [0.3, 0.4) is 0 Å². The van der Waals surface area contributed by atoms with Crippen molar-refractivity contribution in [3.05, 3.63) is 0 Å². The number of hydrogen-bond acceptors (Lipinski definition) is 4. The Labute approximate surface area is 70.8 Å². The van der Waals surface area contributed by atoms with Crippen LogP contribution >= 0.6 is 0 Å². The van der Waals surface area contributed by atoms with Gasteiger partial charge in [-0.05, 0) is 12.8 Å². The first-order valence-corrected chi connectivity index (χ1v) is 3.41. The summed E-state index contributed by atoms with van der Waals surface area (Å²) in [6, 6.07) is 0. The standard InChI is InChI=1S/C8H10O4/c1-4-7(10)8(11-5-2)12-6(3)9/h1,8H,5H2,2-3H3. The summed E-state index contributed by atoms with van der Waals surface area (Å²) in [6.07, 6.45) is 3.56. The zero-order valence-electron chi connectivity index (χ0n) is 6.99. The van der Waals surface area contributed by atoms with Crippen LogP contribution in [0.4, 0.5) is 0 Å². The number of Topliss-reactive ketones (excluding diaryl/α,β-unsaturated/α-hetero) is 1. The normalized spacial score (nSPS) is 11.4. The first kappa shape index (κ1) is 10.7. The molecule has 0 fully saturated rings. The van der Waals surface area contributed by atoms with Crippen molar-refractivity contribution in [1.82, 2.24) is 0 Å². The van der Waals surface area contributed by atoms with Crippen LogP contribution in [-0.2, 0) is 19.1 Å². The van der Waals surface area contributed by atoms with Crippen molar-refractivity contribution in [2.45, 2.75) is 20.1 Å². The number of ketones is 1. The van der Waals surface area contributed by atoms with Gasteiger partial charge in [0.25, 0.3) is 12.1 Å². The predicted octanol–water partition coefficient (Wildman–Crippen LogP) is 0.114. The SMILES string of the molecule is C#CC(=O)C(OCC)OC(C)=O. The summed E-state index contributed by atoms with van der Waals surface area (Å²) < 4.78 is 9.26. The fourth-order valence-electron chi connectivity index (χ4n) is 0.533. The number of terminal acetylenes is 1. The molecule has 0 aromatic rings. The Balaban J connectivity index is 4.14. The van der Waals surface area contributed by atoms with Crippen LogP contribution in [0.2, 0.25) is 0 Å². The summed E-state index contributed by atoms with van der Waals surface area (Å²) in [5, 5.41) is 0. The summed E-state index contributed by atoms with van der Waals surface area (Å²) in [4.78, 5) is 21.2. The van der Waals surface area contributed by atoms with Gasteiger partial charge >= 0.3 is 5.97 Å². The van der Waals surface area contributed by atoms with Crippen molar-refractivity contribution in [3.8, 4) is 12.3 Å². The molecule has 0 radical (unpaired) electrons. The van der Waals surface area contributed by atoms with Crippen molar-refractivity contribution in [3.63, 3.8) is 0 Å². The van der Waals surface area contributed by atoms with Gasteiger partial charge in [0.15, 0.2) is 0 Å². The molecule has 0 rings (SSSR count). The van der Waals surface area contributed by atoms with Gasteiger partial charge in [0, 0.05) is 13.5 Å². The third-order valence-electron chi connectivity index (χ3n) is 0.947. The number of ether oxygens (including phenoxy) is 2. The van der Waals surface area contributed by atoms with E-state index >= 15 is 0 Å². The first-order valence-electron chi connectivity index (χ1n) is 3.41. The maximum absolute atomic E-state index is 10.8. The second-order valence-electron chi connectivity index (χ2n) is 1.91. The molecule has 0 saturated heterocycles. The minimum atomic E-state index is -1.25. The quantitative estimate of drug-likeness (QED) is 0.260. The maximum atomic E-state index is 10.8. The number of carbonyl (C=O) groups excluding carboxylic acids is 2. The second-order valence-corrected chi connectivity index (χ2v) is 1.91. The van der Waals surface area contributed by atoms with E-state index < -0.39 is 18.0 Å². The molecule has 0 bridgehead atoms. The van der Waals surface area contributed by atoms with E-state index in [0.29, 0.717) is 0 Å². The molecule has 0 N–H and O–H groups in total. The van der Waals surface area contributed by atoms with Crippen LogP contribution < -0.4 is 0 Å². The van der Waals surface area contributed by atoms with Crippen LogP contribution in [0.1, 0.15) is 13.8 Å². The highest BCUT2D eigenvalue weighted by Crippen LogP contribution is 1.96. The molecule has 4 nitrogen and oxygen atoms in total. The van der Waals surface area contributed by atoms with Gasteiger partial charge in [-0.3, -0.25) is 9.59 Å². The maximum Gasteiger partial charge on any atom is 0.305 e. The smallest absolute Gasteiger partial charge is 0.305 e. The molecule has 0 aliphatic carbocycles. The Morgan fingerprint density at radius 2 is 2.17 bits per heavy atom. The van der Waals surface area contributed by atoms with Crippen molar-refractivity contribution in [2.24, 2.45) is 0 Å². The molecular formula is C8H10O4. The zero-order chi connectivity index (χ0) is 9.56. The van der Waals surface area contributed by atoms with Crippen molar-refractivity contribution in [2.75, 3.05) is 6.61 Å². The van der Waals surface area contributed by atoms with E-state index in [1.807, 2.05) is 5.92 Å². The largest absolute Gasteiger partial charge is 0.427 e. The Morgan fingerprint density at radius 1 is 1.58 bits per heavy atom. The van der Waals surface area contributed by atoms with E-state index in [1.54, 1.807) is 6.92 Å². The molecule has 0 amide bonds. The molecule has 0 aromatic carbocycles. The molecular weight excluding hydrogens is 160 g/mol. The molecule has 0 spiro atoms. The van der Waals surface area contributed by atoms with Gasteiger partial charge < -0.3 is 9.47 Å². The molecule has 0 aromatic heterocycles. The monoisotopic (exact) mass is 170 g/mol. The van der Waals surface area contributed by atoms with Crippen LogP contribution in [0.15, 0.2) is 0 Å². The van der Waals surface area contributed by atoms with E-state index in [9.17, 15) is 9.59 Å². The summed E-state index contributed by atoms with van der Waals surface area (Å²) in [7, 11) is 0. The van der Waals surface area contributed by atoms with Gasteiger partial charge in [-0.1, -0.05) is 0 Å². The average molecular weight is 170 g/mol. The molecule has 0 aliphatic rings. The Hall–Kier alpha value is -1.34. The van der Waals surface area contributed by atoms with Crippen molar-refractivity contribution < 1.29 is 19.1 Å². The molecule has 12 heavy (non-hydrogen) atoms. The highest BCUT2D eigenvalue weighted by atomic mass is 16.7. The Morgan fingerprint density at radius 3 is 2.50 bits per heavy atom. The van der Waals surface area contributed by atoms with Gasteiger partial charge in [-0.15, -0.1) is 6.42 Å². The van der Waals surface area contributed by atoms with Crippen LogP contribution in [0.5, 0.6) is 0 Å².